The molecule has 0 N–H and O–H groups in total. The maximum absolute atomic E-state index is 12.6. The molecule has 2 saturated carbocycles. The number of Topliss-reactive ketones (excluding diaryl/α,β-unsaturated/α-hetero) is 1. The molecule has 0 aromatic carbocycles. The van der Waals surface area contributed by atoms with Crippen LogP contribution < -0.4 is 0 Å². The average molecular weight is 318 g/mol. The van der Waals surface area contributed by atoms with Crippen LogP contribution in [0.4, 0.5) is 0 Å². The lowest BCUT2D eigenvalue weighted by Crippen LogP contribution is -2.57. The van der Waals surface area contributed by atoms with Crippen LogP contribution in [0.1, 0.15) is 59.3 Å². The van der Waals surface area contributed by atoms with Crippen LogP contribution in [0.5, 0.6) is 0 Å². The number of methoxy groups -OCH3 is 1. The van der Waals surface area contributed by atoms with Gasteiger partial charge in [0.25, 0.3) is 0 Å². The van der Waals surface area contributed by atoms with Gasteiger partial charge in [-0.25, -0.2) is 0 Å². The van der Waals surface area contributed by atoms with Crippen molar-refractivity contribution in [3.05, 3.63) is 11.6 Å². The van der Waals surface area contributed by atoms with Crippen molar-refractivity contribution in [1.82, 2.24) is 0 Å². The molecular formula is C19H26O4. The molecule has 3 aliphatic carbocycles. The van der Waals surface area contributed by atoms with Crippen LogP contribution in [0.15, 0.2) is 11.6 Å². The van der Waals surface area contributed by atoms with Crippen molar-refractivity contribution in [2.45, 2.75) is 59.3 Å². The molecule has 0 aromatic rings. The number of hydrogen-bond donors (Lipinski definition) is 0. The Morgan fingerprint density at radius 3 is 2.48 bits per heavy atom. The normalized spacial score (nSPS) is 39.1. The van der Waals surface area contributed by atoms with Crippen LogP contribution in [0, 0.1) is 22.2 Å². The molecule has 23 heavy (non-hydrogen) atoms. The van der Waals surface area contributed by atoms with Gasteiger partial charge in [-0.2, -0.15) is 0 Å². The van der Waals surface area contributed by atoms with E-state index < -0.39 is 10.8 Å². The molecule has 0 radical (unpaired) electrons. The van der Waals surface area contributed by atoms with E-state index >= 15 is 0 Å². The second-order valence-electron chi connectivity index (χ2n) is 8.25. The fourth-order valence-corrected chi connectivity index (χ4v) is 5.58. The number of esters is 1. The third kappa shape index (κ3) is 2.06. The zero-order valence-electron chi connectivity index (χ0n) is 14.5. The fraction of sp³-hybridized carbons (Fsp3) is 0.737. The van der Waals surface area contributed by atoms with E-state index in [0.29, 0.717) is 31.5 Å². The molecule has 0 saturated heterocycles. The predicted molar refractivity (Wildman–Crippen MR) is 85.6 cm³/mol. The van der Waals surface area contributed by atoms with Crippen LogP contribution >= 0.6 is 0 Å². The topological polar surface area (TPSA) is 60.4 Å². The molecule has 0 aliphatic heterocycles. The van der Waals surface area contributed by atoms with Gasteiger partial charge in [0, 0.05) is 18.3 Å². The fourth-order valence-electron chi connectivity index (χ4n) is 5.58. The molecular weight excluding hydrogens is 292 g/mol. The van der Waals surface area contributed by atoms with Crippen molar-refractivity contribution in [3.63, 3.8) is 0 Å². The average Bonchev–Trinajstić information content (AvgIpc) is 2.51. The highest BCUT2D eigenvalue weighted by atomic mass is 16.5. The minimum atomic E-state index is -0.662. The zero-order valence-corrected chi connectivity index (χ0v) is 14.5. The number of carbonyl (C=O) groups is 3. The first-order valence-electron chi connectivity index (χ1n) is 8.56. The molecule has 3 atom stereocenters. The molecule has 3 rings (SSSR count). The molecule has 0 heterocycles. The molecule has 4 heteroatoms. The van der Waals surface area contributed by atoms with Crippen molar-refractivity contribution in [3.8, 4) is 0 Å². The molecule has 2 unspecified atom stereocenters. The molecule has 4 nitrogen and oxygen atoms in total. The first-order chi connectivity index (χ1) is 10.7. The number of rotatable bonds is 1. The molecule has 0 bridgehead atoms. The first kappa shape index (κ1) is 16.4. The van der Waals surface area contributed by atoms with E-state index in [1.165, 1.54) is 7.11 Å². The molecule has 0 aromatic heterocycles. The Hall–Kier alpha value is -1.45. The van der Waals surface area contributed by atoms with Crippen LogP contribution in [-0.4, -0.2) is 24.6 Å². The first-order valence-corrected chi connectivity index (χ1v) is 8.56. The summed E-state index contributed by atoms with van der Waals surface area (Å²) < 4.78 is 5.12. The molecule has 0 spiro atoms. The lowest BCUT2D eigenvalue weighted by Gasteiger charge is -2.59. The Labute approximate surface area is 137 Å². The van der Waals surface area contributed by atoms with Gasteiger partial charge in [0.05, 0.1) is 12.5 Å². The standard InChI is InChI=1S/C19H26O4/c1-17(2)13-6-10-19(16(22)23-4)9-5-12(20)11-14(19)18(13,3)8-7-15(17)21/h11,13H,5-10H2,1-4H3/t13?,18?,19-/m0/s1. The lowest BCUT2D eigenvalue weighted by molar-refractivity contribution is -0.159. The highest BCUT2D eigenvalue weighted by molar-refractivity contribution is 5.96. The molecule has 126 valence electrons. The van der Waals surface area contributed by atoms with E-state index in [-0.39, 0.29) is 23.1 Å². The Kier molecular flexibility index (Phi) is 3.58. The highest BCUT2D eigenvalue weighted by Crippen LogP contribution is 2.65. The quantitative estimate of drug-likeness (QED) is 0.696. The number of carbonyl (C=O) groups excluding carboxylic acids is 3. The van der Waals surface area contributed by atoms with Gasteiger partial charge in [0.2, 0.25) is 0 Å². The van der Waals surface area contributed by atoms with Crippen molar-refractivity contribution >= 4 is 17.5 Å². The Bertz CT molecular complexity index is 615. The smallest absolute Gasteiger partial charge is 0.315 e. The van der Waals surface area contributed by atoms with Gasteiger partial charge in [0.15, 0.2) is 5.78 Å². The molecule has 2 fully saturated rings. The van der Waals surface area contributed by atoms with Gasteiger partial charge < -0.3 is 4.74 Å². The van der Waals surface area contributed by atoms with Crippen molar-refractivity contribution in [2.24, 2.45) is 22.2 Å². The number of fused-ring (bicyclic) bond motifs is 3. The van der Waals surface area contributed by atoms with Gasteiger partial charge in [-0.15, -0.1) is 0 Å². The summed E-state index contributed by atoms with van der Waals surface area (Å²) in [6, 6.07) is 0. The van der Waals surface area contributed by atoms with Gasteiger partial charge in [0.1, 0.15) is 5.78 Å². The number of allylic oxidation sites excluding steroid dienone is 1. The van der Waals surface area contributed by atoms with Crippen LogP contribution in [0.3, 0.4) is 0 Å². The van der Waals surface area contributed by atoms with Crippen molar-refractivity contribution < 1.29 is 19.1 Å². The Morgan fingerprint density at radius 2 is 1.83 bits per heavy atom. The second kappa shape index (κ2) is 5.02. The summed E-state index contributed by atoms with van der Waals surface area (Å²) in [5.74, 6) is 0.348. The summed E-state index contributed by atoms with van der Waals surface area (Å²) in [7, 11) is 1.42. The monoisotopic (exact) mass is 318 g/mol. The number of hydrogen-bond acceptors (Lipinski definition) is 4. The third-order valence-electron chi connectivity index (χ3n) is 6.90. The van der Waals surface area contributed by atoms with Gasteiger partial charge in [-0.3, -0.25) is 14.4 Å². The van der Waals surface area contributed by atoms with E-state index in [2.05, 4.69) is 6.92 Å². The molecule has 0 amide bonds. The van der Waals surface area contributed by atoms with Crippen molar-refractivity contribution in [1.29, 1.82) is 0 Å². The zero-order chi connectivity index (χ0) is 17.0. The lowest BCUT2D eigenvalue weighted by atomic mass is 9.43. The third-order valence-corrected chi connectivity index (χ3v) is 6.90. The maximum atomic E-state index is 12.6. The Morgan fingerprint density at radius 1 is 1.13 bits per heavy atom. The summed E-state index contributed by atoms with van der Waals surface area (Å²) in [4.78, 5) is 37.2. The summed E-state index contributed by atoms with van der Waals surface area (Å²) >= 11 is 0. The summed E-state index contributed by atoms with van der Waals surface area (Å²) in [6.07, 6.45) is 5.40. The van der Waals surface area contributed by atoms with Crippen LogP contribution in [0.25, 0.3) is 0 Å². The summed E-state index contributed by atoms with van der Waals surface area (Å²) in [5, 5.41) is 0. The van der Waals surface area contributed by atoms with Gasteiger partial charge >= 0.3 is 5.97 Å². The van der Waals surface area contributed by atoms with E-state index in [1.807, 2.05) is 13.8 Å². The van der Waals surface area contributed by atoms with Gasteiger partial charge in [-0.1, -0.05) is 20.8 Å². The highest BCUT2D eigenvalue weighted by Gasteiger charge is 2.62. The SMILES string of the molecule is COC(=O)[C@]12CCC(=O)C=C1C1(C)CCC(=O)C(C)(C)C1CC2. The van der Waals surface area contributed by atoms with Crippen molar-refractivity contribution in [2.75, 3.05) is 7.11 Å². The minimum Gasteiger partial charge on any atom is -0.468 e. The van der Waals surface area contributed by atoms with Gasteiger partial charge in [-0.05, 0) is 48.7 Å². The van der Waals surface area contributed by atoms with Crippen LogP contribution in [0.2, 0.25) is 0 Å². The van der Waals surface area contributed by atoms with Crippen LogP contribution in [-0.2, 0) is 19.1 Å². The van der Waals surface area contributed by atoms with E-state index in [4.69, 9.17) is 4.74 Å². The minimum absolute atomic E-state index is 0.0936. The summed E-state index contributed by atoms with van der Waals surface area (Å²) in [6.45, 7) is 6.19. The maximum Gasteiger partial charge on any atom is 0.315 e. The summed E-state index contributed by atoms with van der Waals surface area (Å²) in [5.41, 5.74) is -0.411. The van der Waals surface area contributed by atoms with E-state index in [1.54, 1.807) is 6.08 Å². The molecule has 3 aliphatic rings. The number of ketones is 2. The largest absolute Gasteiger partial charge is 0.468 e. The van der Waals surface area contributed by atoms with E-state index in [9.17, 15) is 14.4 Å². The Balaban J connectivity index is 2.15. The predicted octanol–water partition coefficient (Wildman–Crippen LogP) is 3.24. The van der Waals surface area contributed by atoms with E-state index in [0.717, 1.165) is 18.4 Å². The number of ether oxygens (including phenoxy) is 1. The second-order valence-corrected chi connectivity index (χ2v) is 8.25.